The van der Waals surface area contributed by atoms with Crippen LogP contribution in [0.1, 0.15) is 101 Å². The number of ether oxygens (including phenoxy) is 4. The van der Waals surface area contributed by atoms with Crippen LogP contribution in [0.3, 0.4) is 0 Å². The Kier molecular flexibility index (Phi) is 23.8. The Morgan fingerprint density at radius 1 is 0.847 bits per heavy atom. The van der Waals surface area contributed by atoms with E-state index in [2.05, 4.69) is 76.0 Å². The minimum absolute atomic E-state index is 0.0561. The molecule has 12 atom stereocenters. The molecule has 0 radical (unpaired) electrons. The fraction of sp³-hybridized carbons (Fsp3) is 0.467. The second-order valence-electron chi connectivity index (χ2n) is 24.6. The minimum atomic E-state index is -4.40. The number of aliphatic hydroxyl groups excluding tert-OH is 1. The van der Waals surface area contributed by atoms with Gasteiger partial charge in [-0.05, 0) is 82.2 Å². The monoisotopic (exact) mass is 1440 g/mol. The van der Waals surface area contributed by atoms with Gasteiger partial charge in [-0.25, -0.2) is 38.6 Å². The molecule has 34 nitrogen and oxygen atoms in total. The number of hydrogen-bond donors (Lipinski definition) is 9. The topological polar surface area (TPSA) is 438 Å². The number of carbonyl (C=O) groups is 9. The molecule has 9 amide bonds. The molecule has 1 aliphatic carbocycles. The summed E-state index contributed by atoms with van der Waals surface area (Å²) >= 11 is 8.42. The van der Waals surface area contributed by atoms with Gasteiger partial charge in [0.2, 0.25) is 35.5 Å². The van der Waals surface area contributed by atoms with E-state index in [0.717, 1.165) is 18.5 Å². The van der Waals surface area contributed by atoms with E-state index >= 15 is 0 Å². The van der Waals surface area contributed by atoms with Crippen LogP contribution in [0.4, 0.5) is 21.2 Å². The fourth-order valence-corrected chi connectivity index (χ4v) is 13.8. The Morgan fingerprint density at radius 2 is 1.55 bits per heavy atom. The highest BCUT2D eigenvalue weighted by Crippen LogP contribution is 2.60. The van der Waals surface area contributed by atoms with Gasteiger partial charge in [-0.1, -0.05) is 68.7 Å². The van der Waals surface area contributed by atoms with Crippen LogP contribution in [0, 0.1) is 11.8 Å². The second kappa shape index (κ2) is 31.6. The van der Waals surface area contributed by atoms with Crippen LogP contribution in [-0.4, -0.2) is 172 Å². The van der Waals surface area contributed by atoms with Gasteiger partial charge in [0.25, 0.3) is 23.3 Å². The van der Waals surface area contributed by atoms with Crippen LogP contribution >= 0.6 is 38.1 Å². The maximum Gasteiger partial charge on any atom is 0.410 e. The lowest BCUT2D eigenvalue weighted by Gasteiger charge is -2.27. The Bertz CT molecular complexity index is 4010. The van der Waals surface area contributed by atoms with Gasteiger partial charge in [-0.15, -0.1) is 0 Å². The predicted molar refractivity (Wildman–Crippen MR) is 351 cm³/mol. The van der Waals surface area contributed by atoms with Crippen LogP contribution in [0.15, 0.2) is 90.4 Å². The van der Waals surface area contributed by atoms with Crippen LogP contribution in [0.5, 0.6) is 5.88 Å². The van der Waals surface area contributed by atoms with E-state index in [1.165, 1.54) is 54.2 Å². The van der Waals surface area contributed by atoms with Crippen molar-refractivity contribution in [3.8, 4) is 5.88 Å². The zero-order chi connectivity index (χ0) is 71.0. The minimum Gasteiger partial charge on any atom is -0.474 e. The van der Waals surface area contributed by atoms with Gasteiger partial charge < -0.3 is 54.7 Å². The van der Waals surface area contributed by atoms with Crippen LogP contribution < -0.4 is 36.9 Å². The number of aromatic amines is 1. The predicted octanol–water partition coefficient (Wildman–Crippen LogP) is 5.04. The van der Waals surface area contributed by atoms with Crippen molar-refractivity contribution in [1.82, 2.24) is 55.2 Å². The SMILES string of the molecule is CC(C)[C@H](NC(=O)[C@H](CCCC(=O)N1C(=O)C=CC1=O)NC(=O)OC(C)(C)C)C(=O)N[C@@H](C)C(=O)Nc1ccc(COC(=O)N(C)Cc2ccccc2C(=O)Nc2nc3c(ncn3[C@@H]3O[C@@H]4CO[P@@](=O)(S)O[C@H]5C[C@H](Oc6ccncn6)C[C@@H]5CO[P@@](=O)(S)O[C@@H]3[C@@H]4O)c(=O)[nH]2)cc1. The third-order valence-electron chi connectivity index (χ3n) is 15.6. The van der Waals surface area contributed by atoms with E-state index < -0.39 is 152 Å². The molecule has 0 spiro atoms. The molecule has 9 rings (SSSR count). The molecule has 38 heteroatoms. The summed E-state index contributed by atoms with van der Waals surface area (Å²) < 4.78 is 75.1. The second-order valence-corrected chi connectivity index (χ2v) is 30.3. The summed E-state index contributed by atoms with van der Waals surface area (Å²) in [7, 11) is 1.44. The number of aliphatic hydroxyl groups is 1. The molecule has 1 saturated carbocycles. The number of rotatable bonds is 21. The van der Waals surface area contributed by atoms with Gasteiger partial charge in [0, 0.05) is 68.0 Å². The van der Waals surface area contributed by atoms with Gasteiger partial charge in [0.15, 0.2) is 17.4 Å². The molecular formula is C60H73N13O21P2S2. The van der Waals surface area contributed by atoms with Crippen LogP contribution in [-0.2, 0) is 83.4 Å². The van der Waals surface area contributed by atoms with E-state index in [0.29, 0.717) is 21.7 Å². The van der Waals surface area contributed by atoms with Gasteiger partial charge in [-0.3, -0.25) is 66.8 Å². The van der Waals surface area contributed by atoms with Crippen molar-refractivity contribution < 1.29 is 94.4 Å². The maximum absolute atomic E-state index is 14.0. The number of fused-ring (bicyclic) bond motifs is 4. The number of amides is 9. The number of imide groups is 3. The number of imidazole rings is 1. The summed E-state index contributed by atoms with van der Waals surface area (Å²) in [6, 6.07) is 10.4. The highest BCUT2D eigenvalue weighted by molar-refractivity contribution is 8.44. The molecule has 3 fully saturated rings. The third-order valence-corrected chi connectivity index (χ3v) is 18.8. The molecule has 3 aromatic heterocycles. The van der Waals surface area contributed by atoms with Crippen molar-refractivity contribution in [2.75, 3.05) is 30.9 Å². The average Bonchev–Trinajstić information content (AvgIpc) is 1.60. The van der Waals surface area contributed by atoms with E-state index in [1.807, 2.05) is 0 Å². The van der Waals surface area contributed by atoms with Crippen molar-refractivity contribution in [3.05, 3.63) is 113 Å². The molecule has 0 unspecified atom stereocenters. The lowest BCUT2D eigenvalue weighted by Crippen LogP contribution is -2.57. The van der Waals surface area contributed by atoms with Crippen LogP contribution in [0.2, 0.25) is 0 Å². The molecular weight excluding hydrogens is 1360 g/mol. The first-order valence-corrected chi connectivity index (χ1v) is 36.1. The number of anilines is 2. The van der Waals surface area contributed by atoms with Gasteiger partial charge in [0.1, 0.15) is 61.1 Å². The maximum atomic E-state index is 14.0. The molecule has 98 heavy (non-hydrogen) atoms. The van der Waals surface area contributed by atoms with Crippen LogP contribution in [0.25, 0.3) is 11.2 Å². The lowest BCUT2D eigenvalue weighted by molar-refractivity contribution is -0.148. The van der Waals surface area contributed by atoms with Crippen molar-refractivity contribution in [2.45, 2.75) is 147 Å². The molecule has 2 bridgehead atoms. The molecule has 7 N–H and O–H groups in total. The highest BCUT2D eigenvalue weighted by atomic mass is 32.7. The Balaban J connectivity index is 0.771. The largest absolute Gasteiger partial charge is 0.474 e. The summed E-state index contributed by atoms with van der Waals surface area (Å²) in [5.74, 6) is -6.57. The molecule has 3 aliphatic heterocycles. The van der Waals surface area contributed by atoms with Gasteiger partial charge >= 0.3 is 25.8 Å². The summed E-state index contributed by atoms with van der Waals surface area (Å²) in [6.45, 7) is -0.319. The van der Waals surface area contributed by atoms with Crippen molar-refractivity contribution >= 4 is 114 Å². The lowest BCUT2D eigenvalue weighted by atomic mass is 10.0. The third kappa shape index (κ3) is 19.3. The van der Waals surface area contributed by atoms with Crippen molar-refractivity contribution in [2.24, 2.45) is 11.8 Å². The number of nitrogens with one attached hydrogen (secondary N) is 6. The smallest absolute Gasteiger partial charge is 0.410 e. The first-order valence-electron chi connectivity index (χ1n) is 30.7. The first-order chi connectivity index (χ1) is 46.3. The number of H-pyrrole nitrogens is 1. The zero-order valence-corrected chi connectivity index (χ0v) is 57.4. The quantitative estimate of drug-likeness (QED) is 0.0264. The van der Waals surface area contributed by atoms with E-state index in [-0.39, 0.29) is 80.4 Å². The molecule has 6 heterocycles. The highest BCUT2D eigenvalue weighted by Gasteiger charge is 2.51. The molecule has 2 aromatic carbocycles. The number of carbonyl (C=O) groups excluding carboxylic acids is 9. The number of aromatic nitrogens is 6. The molecule has 5 aromatic rings. The standard InChI is InChI=1S/C60H73N13O21P2S2/c1-31(2)46(67-53(80)39(66-58(83)92-60(4,5)6)13-10-14-43(74)73-44(75)19-20-45(73)76)54(81)64-32(3)51(78)65-36-17-15-33(16-18-36)26-87-59(84)71(7)25-34-11-8-9-12-38(34)52(79)69-57-68-50-47(55(82)70-57)63-30-72(50)56-49-48(77)41(91-56)28-89-95(85,97)93-40-24-37(90-42-21-22-61-29-62-42)23-35(40)27-88-96(86,98)94-49/h8-9,11-12,15-22,29-32,35,37,39-41,46,48-49,56,77H,10,13-14,23-28H2,1-7H3,(H,64,81)(H,65,78)(H,66,83)(H,67,80)(H,85,97)(H,86,98)(H2,68,69,70,79,82)/t32-,35+,37+,39-,40-,41+,46-,48+,49+,56+,95+,96+/m0/s1. The summed E-state index contributed by atoms with van der Waals surface area (Å²) in [6.07, 6.45) is -3.38. The van der Waals surface area contributed by atoms with Crippen molar-refractivity contribution in [3.63, 3.8) is 0 Å². The molecule has 4 aliphatic rings. The molecule has 2 saturated heterocycles. The van der Waals surface area contributed by atoms with Gasteiger partial charge in [0.05, 0.1) is 25.6 Å². The zero-order valence-electron chi connectivity index (χ0n) is 53.8. The molecule has 526 valence electrons. The Morgan fingerprint density at radius 3 is 2.24 bits per heavy atom. The number of benzene rings is 2. The van der Waals surface area contributed by atoms with E-state index in [9.17, 15) is 62.2 Å². The summed E-state index contributed by atoms with van der Waals surface area (Å²) in [4.78, 5) is 152. The average molecular weight is 1440 g/mol. The summed E-state index contributed by atoms with van der Waals surface area (Å²) in [5, 5.41) is 24.5. The summed E-state index contributed by atoms with van der Waals surface area (Å²) in [5.41, 5.74) is -0.974. The van der Waals surface area contributed by atoms with Gasteiger partial charge in [-0.2, -0.15) is 4.98 Å². The Labute approximate surface area is 570 Å². The number of hydrogen-bond acceptors (Lipinski definition) is 25. The van der Waals surface area contributed by atoms with E-state index in [1.54, 1.807) is 71.0 Å². The Hall–Kier alpha value is -8.44. The number of thiol groups is 2. The van der Waals surface area contributed by atoms with E-state index in [4.69, 9.17) is 37.0 Å². The number of nitrogens with zero attached hydrogens (tertiary/aromatic N) is 7. The normalized spacial score (nSPS) is 24.2. The van der Waals surface area contributed by atoms with Crippen molar-refractivity contribution in [1.29, 1.82) is 0 Å². The first kappa shape index (κ1) is 73.8. The number of alkyl carbamates (subject to hydrolysis) is 1. The fourth-order valence-electron chi connectivity index (χ4n) is 10.7.